The molecule has 1 aliphatic heterocycles. The van der Waals surface area contributed by atoms with Gasteiger partial charge >= 0.3 is 5.97 Å². The lowest BCUT2D eigenvalue weighted by Crippen LogP contribution is -2.47. The van der Waals surface area contributed by atoms with E-state index in [4.69, 9.17) is 0 Å². The van der Waals surface area contributed by atoms with Crippen LogP contribution in [0, 0.1) is 5.41 Å². The number of aliphatic carboxylic acids is 1. The van der Waals surface area contributed by atoms with Crippen LogP contribution in [0.4, 0.5) is 0 Å². The second kappa shape index (κ2) is 3.36. The molecule has 2 rings (SSSR count). The average molecular weight is 209 g/mol. The number of nitrogens with zero attached hydrogens (tertiary/aromatic N) is 1. The van der Waals surface area contributed by atoms with Crippen molar-refractivity contribution in [1.29, 1.82) is 0 Å². The maximum atomic E-state index is 11.5. The van der Waals surface area contributed by atoms with Crippen LogP contribution in [-0.4, -0.2) is 28.9 Å². The molecule has 1 aliphatic carbocycles. The van der Waals surface area contributed by atoms with Crippen LogP contribution < -0.4 is 0 Å². The monoisotopic (exact) mass is 209 g/mol. The van der Waals surface area contributed by atoms with E-state index in [1.807, 2.05) is 6.08 Å². The zero-order valence-corrected chi connectivity index (χ0v) is 8.82. The number of allylic oxidation sites excluding steroid dienone is 1. The fourth-order valence-corrected chi connectivity index (χ4v) is 2.62. The first-order valence-electron chi connectivity index (χ1n) is 5.28. The summed E-state index contributed by atoms with van der Waals surface area (Å²) in [7, 11) is 1.68. The van der Waals surface area contributed by atoms with E-state index in [-0.39, 0.29) is 5.91 Å². The van der Waals surface area contributed by atoms with Gasteiger partial charge in [-0.1, -0.05) is 6.08 Å². The quantitative estimate of drug-likeness (QED) is 0.709. The number of fused-ring (bicyclic) bond motifs is 1. The topological polar surface area (TPSA) is 57.6 Å². The molecule has 4 nitrogen and oxygen atoms in total. The molecule has 1 heterocycles. The normalized spacial score (nSPS) is 30.9. The van der Waals surface area contributed by atoms with Crippen LogP contribution in [0.2, 0.25) is 0 Å². The summed E-state index contributed by atoms with van der Waals surface area (Å²) in [4.78, 5) is 24.4. The molecule has 0 unspecified atom stereocenters. The Balaban J connectivity index is 2.43. The minimum absolute atomic E-state index is 0.0278. The first-order valence-corrected chi connectivity index (χ1v) is 5.28. The Hall–Kier alpha value is -1.32. The molecule has 0 bridgehead atoms. The zero-order chi connectivity index (χ0) is 11.1. The van der Waals surface area contributed by atoms with Crippen LogP contribution in [0.5, 0.6) is 0 Å². The number of carboxylic acids is 1. The molecule has 1 atom stereocenters. The van der Waals surface area contributed by atoms with E-state index in [2.05, 4.69) is 0 Å². The van der Waals surface area contributed by atoms with Crippen molar-refractivity contribution in [1.82, 2.24) is 4.90 Å². The third-order valence-corrected chi connectivity index (χ3v) is 3.55. The van der Waals surface area contributed by atoms with E-state index in [0.29, 0.717) is 25.0 Å². The summed E-state index contributed by atoms with van der Waals surface area (Å²) in [5.41, 5.74) is -0.0847. The fourth-order valence-electron chi connectivity index (χ4n) is 2.62. The van der Waals surface area contributed by atoms with E-state index >= 15 is 0 Å². The highest BCUT2D eigenvalue weighted by Gasteiger charge is 2.48. The van der Waals surface area contributed by atoms with Crippen molar-refractivity contribution in [3.05, 3.63) is 11.8 Å². The molecule has 1 fully saturated rings. The Morgan fingerprint density at radius 3 is 2.93 bits per heavy atom. The van der Waals surface area contributed by atoms with Gasteiger partial charge in [0.05, 0.1) is 0 Å². The largest absolute Gasteiger partial charge is 0.481 e. The summed E-state index contributed by atoms with van der Waals surface area (Å²) < 4.78 is 0. The van der Waals surface area contributed by atoms with Gasteiger partial charge in [0.1, 0.15) is 5.41 Å². The van der Waals surface area contributed by atoms with Crippen LogP contribution >= 0.6 is 0 Å². The Morgan fingerprint density at radius 1 is 1.53 bits per heavy atom. The summed E-state index contributed by atoms with van der Waals surface area (Å²) in [6, 6.07) is 0. The summed E-state index contributed by atoms with van der Waals surface area (Å²) in [6.45, 7) is 0. The van der Waals surface area contributed by atoms with E-state index in [1.165, 1.54) is 4.90 Å². The second-order valence-electron chi connectivity index (χ2n) is 4.32. The Morgan fingerprint density at radius 2 is 2.27 bits per heavy atom. The van der Waals surface area contributed by atoms with E-state index in [0.717, 1.165) is 12.8 Å². The molecule has 0 saturated carbocycles. The molecule has 1 amide bonds. The number of rotatable bonds is 1. The first-order chi connectivity index (χ1) is 7.08. The first kappa shape index (κ1) is 10.2. The predicted octanol–water partition coefficient (Wildman–Crippen LogP) is 1.38. The zero-order valence-electron chi connectivity index (χ0n) is 8.82. The summed E-state index contributed by atoms with van der Waals surface area (Å²) in [6.07, 6.45) is 5.15. The SMILES string of the molecule is CN1C(=O)CC[C@@]2(C(=O)O)CCCC=C12. The molecule has 1 saturated heterocycles. The lowest BCUT2D eigenvalue weighted by Gasteiger charge is -2.42. The number of hydrogen-bond donors (Lipinski definition) is 1. The number of carboxylic acid groups (broad SMARTS) is 1. The Kier molecular flexibility index (Phi) is 2.29. The summed E-state index contributed by atoms with van der Waals surface area (Å²) >= 11 is 0. The van der Waals surface area contributed by atoms with Crippen LogP contribution in [0.15, 0.2) is 11.8 Å². The lowest BCUT2D eigenvalue weighted by atomic mass is 9.70. The molecule has 15 heavy (non-hydrogen) atoms. The van der Waals surface area contributed by atoms with Crippen LogP contribution in [0.25, 0.3) is 0 Å². The Bertz CT molecular complexity index is 348. The highest BCUT2D eigenvalue weighted by molar-refractivity contribution is 5.87. The van der Waals surface area contributed by atoms with Gasteiger partial charge in [0, 0.05) is 19.2 Å². The molecule has 2 aliphatic rings. The van der Waals surface area contributed by atoms with E-state index in [9.17, 15) is 14.7 Å². The van der Waals surface area contributed by atoms with Crippen molar-refractivity contribution in [3.8, 4) is 0 Å². The van der Waals surface area contributed by atoms with Gasteiger partial charge in [-0.3, -0.25) is 9.59 Å². The molecule has 0 spiro atoms. The number of carbonyl (C=O) groups excluding carboxylic acids is 1. The van der Waals surface area contributed by atoms with Gasteiger partial charge in [0.15, 0.2) is 0 Å². The van der Waals surface area contributed by atoms with Gasteiger partial charge in [0.25, 0.3) is 0 Å². The van der Waals surface area contributed by atoms with Crippen LogP contribution in [0.3, 0.4) is 0 Å². The van der Waals surface area contributed by atoms with Gasteiger partial charge in [-0.25, -0.2) is 0 Å². The molecular weight excluding hydrogens is 194 g/mol. The molecule has 0 aromatic rings. The maximum Gasteiger partial charge on any atom is 0.315 e. The van der Waals surface area contributed by atoms with E-state index in [1.54, 1.807) is 7.05 Å². The van der Waals surface area contributed by atoms with Crippen molar-refractivity contribution >= 4 is 11.9 Å². The van der Waals surface area contributed by atoms with E-state index < -0.39 is 11.4 Å². The fraction of sp³-hybridized carbons (Fsp3) is 0.636. The van der Waals surface area contributed by atoms with Gasteiger partial charge in [-0.15, -0.1) is 0 Å². The molecule has 0 aromatic heterocycles. The maximum absolute atomic E-state index is 11.5. The molecule has 0 aromatic carbocycles. The summed E-state index contributed by atoms with van der Waals surface area (Å²) in [5.74, 6) is -0.757. The van der Waals surface area contributed by atoms with Gasteiger partial charge < -0.3 is 10.0 Å². The average Bonchev–Trinajstić information content (AvgIpc) is 2.24. The van der Waals surface area contributed by atoms with Gasteiger partial charge in [0.2, 0.25) is 5.91 Å². The van der Waals surface area contributed by atoms with Gasteiger partial charge in [-0.05, 0) is 25.7 Å². The van der Waals surface area contributed by atoms with Crippen LogP contribution in [-0.2, 0) is 9.59 Å². The number of likely N-dealkylation sites (tertiary alicyclic amines) is 1. The number of amides is 1. The number of piperidine rings is 1. The van der Waals surface area contributed by atoms with Crippen molar-refractivity contribution < 1.29 is 14.7 Å². The molecular formula is C11H15NO3. The standard InChI is InChI=1S/C11H15NO3/c1-12-8-4-2-3-6-11(8,10(14)15)7-5-9(12)13/h4H,2-3,5-7H2,1H3,(H,14,15)/t11-/m0/s1. The highest BCUT2D eigenvalue weighted by atomic mass is 16.4. The highest BCUT2D eigenvalue weighted by Crippen LogP contribution is 2.46. The number of carbonyl (C=O) groups is 2. The minimum atomic E-state index is -0.791. The predicted molar refractivity (Wildman–Crippen MR) is 54.0 cm³/mol. The van der Waals surface area contributed by atoms with Crippen LogP contribution in [0.1, 0.15) is 32.1 Å². The smallest absolute Gasteiger partial charge is 0.315 e. The van der Waals surface area contributed by atoms with Crippen molar-refractivity contribution in [3.63, 3.8) is 0 Å². The van der Waals surface area contributed by atoms with Crippen molar-refractivity contribution in [2.75, 3.05) is 7.05 Å². The lowest BCUT2D eigenvalue weighted by molar-refractivity contribution is -0.152. The van der Waals surface area contributed by atoms with Gasteiger partial charge in [-0.2, -0.15) is 0 Å². The third-order valence-electron chi connectivity index (χ3n) is 3.55. The third kappa shape index (κ3) is 1.35. The van der Waals surface area contributed by atoms with Crippen molar-refractivity contribution in [2.24, 2.45) is 5.41 Å². The second-order valence-corrected chi connectivity index (χ2v) is 4.32. The summed E-state index contributed by atoms with van der Waals surface area (Å²) in [5, 5.41) is 9.35. The van der Waals surface area contributed by atoms with Crippen molar-refractivity contribution in [2.45, 2.75) is 32.1 Å². The molecule has 0 radical (unpaired) electrons. The molecule has 82 valence electrons. The minimum Gasteiger partial charge on any atom is -0.481 e. The molecule has 4 heteroatoms. The molecule has 1 N–H and O–H groups in total. The Labute approximate surface area is 88.6 Å². The number of hydrogen-bond acceptors (Lipinski definition) is 2.